The summed E-state index contributed by atoms with van der Waals surface area (Å²) in [5.74, 6) is 1.41. The van der Waals surface area contributed by atoms with Crippen molar-refractivity contribution in [1.29, 1.82) is 0 Å². The largest absolute Gasteiger partial charge is 0.457 e. The van der Waals surface area contributed by atoms with Gasteiger partial charge in [0.25, 0.3) is 0 Å². The predicted molar refractivity (Wildman–Crippen MR) is 88.8 cm³/mol. The lowest BCUT2D eigenvalue weighted by Crippen LogP contribution is -2.44. The summed E-state index contributed by atoms with van der Waals surface area (Å²) in [6.45, 7) is 1.05. The van der Waals surface area contributed by atoms with Crippen molar-refractivity contribution in [3.05, 3.63) is 54.6 Å². The topological polar surface area (TPSA) is 61.8 Å². The van der Waals surface area contributed by atoms with Gasteiger partial charge in [0.2, 0.25) is 0 Å². The van der Waals surface area contributed by atoms with Crippen molar-refractivity contribution in [3.8, 4) is 11.5 Å². The van der Waals surface area contributed by atoms with Gasteiger partial charge in [-0.1, -0.05) is 24.3 Å². The zero-order valence-corrected chi connectivity index (χ0v) is 12.8. The SMILES string of the molecule is O=C(Nc1cccc(Oc2ccccc2)c1)N1CCC[C@H](O)C1. The lowest BCUT2D eigenvalue weighted by Gasteiger charge is -2.30. The maximum atomic E-state index is 12.2. The molecular weight excluding hydrogens is 292 g/mol. The molecule has 1 heterocycles. The molecule has 1 aliphatic heterocycles. The third-order valence-corrected chi connectivity index (χ3v) is 3.75. The Kier molecular flexibility index (Phi) is 4.78. The number of ether oxygens (including phenoxy) is 1. The van der Waals surface area contributed by atoms with Crippen molar-refractivity contribution < 1.29 is 14.6 Å². The van der Waals surface area contributed by atoms with Crippen LogP contribution in [-0.2, 0) is 0 Å². The van der Waals surface area contributed by atoms with Crippen LogP contribution >= 0.6 is 0 Å². The summed E-state index contributed by atoms with van der Waals surface area (Å²) in [5, 5.41) is 12.5. The number of hydrogen-bond acceptors (Lipinski definition) is 3. The van der Waals surface area contributed by atoms with Crippen LogP contribution in [0.2, 0.25) is 0 Å². The molecular formula is C18H20N2O3. The first-order chi connectivity index (χ1) is 11.2. The van der Waals surface area contributed by atoms with Crippen molar-refractivity contribution in [3.63, 3.8) is 0 Å². The van der Waals surface area contributed by atoms with Crippen LogP contribution in [-0.4, -0.2) is 35.2 Å². The molecule has 23 heavy (non-hydrogen) atoms. The maximum absolute atomic E-state index is 12.2. The minimum absolute atomic E-state index is 0.194. The molecule has 2 aromatic carbocycles. The van der Waals surface area contributed by atoms with Gasteiger partial charge in [0.05, 0.1) is 6.10 Å². The second-order valence-electron chi connectivity index (χ2n) is 5.62. The summed E-state index contributed by atoms with van der Waals surface area (Å²) < 4.78 is 5.76. The van der Waals surface area contributed by atoms with Crippen molar-refractivity contribution in [1.82, 2.24) is 4.90 Å². The number of benzene rings is 2. The van der Waals surface area contributed by atoms with E-state index in [1.807, 2.05) is 48.5 Å². The second kappa shape index (κ2) is 7.15. The first kappa shape index (κ1) is 15.4. The van der Waals surface area contributed by atoms with Crippen LogP contribution in [0, 0.1) is 0 Å². The number of anilines is 1. The molecule has 0 aliphatic carbocycles. The van der Waals surface area contributed by atoms with Gasteiger partial charge in [-0.3, -0.25) is 0 Å². The van der Waals surface area contributed by atoms with E-state index in [0.717, 1.165) is 18.6 Å². The van der Waals surface area contributed by atoms with Crippen LogP contribution in [0.3, 0.4) is 0 Å². The second-order valence-corrected chi connectivity index (χ2v) is 5.62. The number of amides is 2. The Morgan fingerprint density at radius 3 is 2.70 bits per heavy atom. The Labute approximate surface area is 135 Å². The van der Waals surface area contributed by atoms with E-state index in [1.165, 1.54) is 0 Å². The number of carbonyl (C=O) groups excluding carboxylic acids is 1. The number of nitrogens with zero attached hydrogens (tertiary/aromatic N) is 1. The van der Waals surface area contributed by atoms with E-state index in [4.69, 9.17) is 4.74 Å². The number of urea groups is 1. The molecule has 2 N–H and O–H groups in total. The van der Waals surface area contributed by atoms with E-state index in [9.17, 15) is 9.90 Å². The van der Waals surface area contributed by atoms with Crippen LogP contribution < -0.4 is 10.1 Å². The minimum Gasteiger partial charge on any atom is -0.457 e. The monoisotopic (exact) mass is 312 g/mol. The van der Waals surface area contributed by atoms with Gasteiger partial charge in [-0.05, 0) is 37.1 Å². The molecule has 120 valence electrons. The number of β-amino-alcohol motifs (C(OH)–C–C–N with tert-alkyl or cyclic N) is 1. The van der Waals surface area contributed by atoms with Gasteiger partial charge >= 0.3 is 6.03 Å². The number of likely N-dealkylation sites (tertiary alicyclic amines) is 1. The summed E-state index contributed by atoms with van der Waals surface area (Å²) in [6, 6.07) is 16.6. The van der Waals surface area contributed by atoms with Crippen molar-refractivity contribution in [2.24, 2.45) is 0 Å². The van der Waals surface area contributed by atoms with Gasteiger partial charge in [0, 0.05) is 24.8 Å². The van der Waals surface area contributed by atoms with Crippen molar-refractivity contribution >= 4 is 11.7 Å². The zero-order chi connectivity index (χ0) is 16.1. The fourth-order valence-corrected chi connectivity index (χ4v) is 2.60. The van der Waals surface area contributed by atoms with E-state index < -0.39 is 6.10 Å². The van der Waals surface area contributed by atoms with Gasteiger partial charge in [-0.15, -0.1) is 0 Å². The first-order valence-corrected chi connectivity index (χ1v) is 7.78. The third-order valence-electron chi connectivity index (χ3n) is 3.75. The van der Waals surface area contributed by atoms with E-state index in [-0.39, 0.29) is 6.03 Å². The Balaban J connectivity index is 1.64. The van der Waals surface area contributed by atoms with Crippen LogP contribution in [0.5, 0.6) is 11.5 Å². The Morgan fingerprint density at radius 2 is 1.91 bits per heavy atom. The molecule has 1 fully saturated rings. The Hall–Kier alpha value is -2.53. The normalized spacial score (nSPS) is 17.6. The molecule has 0 radical (unpaired) electrons. The molecule has 0 unspecified atom stereocenters. The number of piperidine rings is 1. The molecule has 1 aliphatic rings. The summed E-state index contributed by atoms with van der Waals surface area (Å²) in [5.41, 5.74) is 0.670. The third kappa shape index (κ3) is 4.23. The van der Waals surface area contributed by atoms with Gasteiger partial charge in [0.15, 0.2) is 0 Å². The number of rotatable bonds is 3. The predicted octanol–water partition coefficient (Wildman–Crippen LogP) is 3.47. The van der Waals surface area contributed by atoms with Gasteiger partial charge < -0.3 is 20.1 Å². The molecule has 0 spiro atoms. The minimum atomic E-state index is -0.428. The zero-order valence-electron chi connectivity index (χ0n) is 12.8. The van der Waals surface area contributed by atoms with Crippen molar-refractivity contribution in [2.45, 2.75) is 18.9 Å². The fraction of sp³-hybridized carbons (Fsp3) is 0.278. The molecule has 0 bridgehead atoms. The first-order valence-electron chi connectivity index (χ1n) is 7.78. The number of para-hydroxylation sites is 1. The molecule has 2 aromatic rings. The quantitative estimate of drug-likeness (QED) is 0.912. The van der Waals surface area contributed by atoms with Crippen LogP contribution in [0.15, 0.2) is 54.6 Å². The van der Waals surface area contributed by atoms with Gasteiger partial charge in [-0.2, -0.15) is 0 Å². The summed E-state index contributed by atoms with van der Waals surface area (Å²) >= 11 is 0. The highest BCUT2D eigenvalue weighted by atomic mass is 16.5. The molecule has 2 amide bonds. The summed E-state index contributed by atoms with van der Waals surface area (Å²) in [6.07, 6.45) is 1.15. The van der Waals surface area contributed by atoms with Crippen LogP contribution in [0.1, 0.15) is 12.8 Å². The fourth-order valence-electron chi connectivity index (χ4n) is 2.60. The Bertz CT molecular complexity index is 660. The smallest absolute Gasteiger partial charge is 0.321 e. The highest BCUT2D eigenvalue weighted by Gasteiger charge is 2.22. The maximum Gasteiger partial charge on any atom is 0.321 e. The number of nitrogens with one attached hydrogen (secondary N) is 1. The van der Waals surface area contributed by atoms with E-state index in [2.05, 4.69) is 5.32 Å². The van der Waals surface area contributed by atoms with Gasteiger partial charge in [0.1, 0.15) is 11.5 Å². The average molecular weight is 312 g/mol. The molecule has 0 saturated carbocycles. The summed E-state index contributed by atoms with van der Waals surface area (Å²) in [7, 11) is 0. The average Bonchev–Trinajstić information content (AvgIpc) is 2.56. The number of hydrogen-bond donors (Lipinski definition) is 2. The van der Waals surface area contributed by atoms with Crippen LogP contribution in [0.25, 0.3) is 0 Å². The van der Waals surface area contributed by atoms with E-state index in [1.54, 1.807) is 11.0 Å². The molecule has 5 heteroatoms. The standard InChI is InChI=1S/C18H20N2O3/c21-15-7-5-11-20(13-15)18(22)19-14-6-4-10-17(12-14)23-16-8-2-1-3-9-16/h1-4,6,8-10,12,15,21H,5,7,11,13H2,(H,19,22)/t15-/m0/s1. The molecule has 3 rings (SSSR count). The number of carbonyl (C=O) groups is 1. The lowest BCUT2D eigenvalue weighted by atomic mass is 10.1. The Morgan fingerprint density at radius 1 is 1.13 bits per heavy atom. The number of aliphatic hydroxyl groups is 1. The highest BCUT2D eigenvalue weighted by molar-refractivity contribution is 5.89. The molecule has 1 saturated heterocycles. The molecule has 5 nitrogen and oxygen atoms in total. The lowest BCUT2D eigenvalue weighted by molar-refractivity contribution is 0.0883. The summed E-state index contributed by atoms with van der Waals surface area (Å²) in [4.78, 5) is 13.9. The number of aliphatic hydroxyl groups excluding tert-OH is 1. The van der Waals surface area contributed by atoms with Gasteiger partial charge in [-0.25, -0.2) is 4.79 Å². The van der Waals surface area contributed by atoms with Crippen molar-refractivity contribution in [2.75, 3.05) is 18.4 Å². The van der Waals surface area contributed by atoms with E-state index in [0.29, 0.717) is 24.5 Å². The molecule has 0 aromatic heterocycles. The molecule has 1 atom stereocenters. The van der Waals surface area contributed by atoms with Crippen LogP contribution in [0.4, 0.5) is 10.5 Å². The highest BCUT2D eigenvalue weighted by Crippen LogP contribution is 2.24. The van der Waals surface area contributed by atoms with E-state index >= 15 is 0 Å².